The molecule has 0 unspecified atom stereocenters. The molecule has 0 fully saturated rings. The number of benzene rings is 2. The van der Waals surface area contributed by atoms with Crippen molar-refractivity contribution in [3.63, 3.8) is 0 Å². The van der Waals surface area contributed by atoms with Crippen LogP contribution >= 0.6 is 0 Å². The van der Waals surface area contributed by atoms with Crippen LogP contribution in [0.4, 0.5) is 17.6 Å². The van der Waals surface area contributed by atoms with Crippen LogP contribution in [0.2, 0.25) is 0 Å². The molecule has 0 radical (unpaired) electrons. The Bertz CT molecular complexity index is 742. The van der Waals surface area contributed by atoms with Gasteiger partial charge in [-0.05, 0) is 49.1 Å². The quantitative estimate of drug-likeness (QED) is 0.529. The van der Waals surface area contributed by atoms with Crippen molar-refractivity contribution in [2.75, 3.05) is 13.3 Å². The summed E-state index contributed by atoms with van der Waals surface area (Å²) in [5.74, 6) is -3.27. The summed E-state index contributed by atoms with van der Waals surface area (Å²) in [5.41, 5.74) is 1.72. The first-order chi connectivity index (χ1) is 12.5. The lowest BCUT2D eigenvalue weighted by atomic mass is 10.1. The first kappa shape index (κ1) is 19.8. The molecule has 0 aromatic heterocycles. The number of hydrogen-bond acceptors (Lipinski definition) is 2. The number of ether oxygens (including phenoxy) is 2. The van der Waals surface area contributed by atoms with Gasteiger partial charge in [-0.2, -0.15) is 8.78 Å². The second kappa shape index (κ2) is 9.85. The first-order valence-electron chi connectivity index (χ1n) is 8.27. The Morgan fingerprint density at radius 3 is 2.08 bits per heavy atom. The molecule has 2 aromatic rings. The maximum Gasteiger partial charge on any atom is 0.204 e. The van der Waals surface area contributed by atoms with Gasteiger partial charge in [-0.15, -0.1) is 0 Å². The molecule has 0 atom stereocenters. The zero-order valence-electron chi connectivity index (χ0n) is 14.4. The van der Waals surface area contributed by atoms with Gasteiger partial charge in [0, 0.05) is 0 Å². The Kier molecular flexibility index (Phi) is 7.51. The van der Waals surface area contributed by atoms with Crippen LogP contribution in [-0.4, -0.2) is 13.3 Å². The normalized spacial score (nSPS) is 11.5. The van der Waals surface area contributed by atoms with Crippen molar-refractivity contribution in [3.8, 4) is 11.5 Å². The van der Waals surface area contributed by atoms with Crippen LogP contribution in [0.5, 0.6) is 11.5 Å². The fourth-order valence-electron chi connectivity index (χ4n) is 2.31. The predicted octanol–water partition coefficient (Wildman–Crippen LogP) is 5.70. The van der Waals surface area contributed by atoms with Gasteiger partial charge in [-0.25, -0.2) is 8.78 Å². The second-order valence-corrected chi connectivity index (χ2v) is 5.55. The maximum atomic E-state index is 13.9. The summed E-state index contributed by atoms with van der Waals surface area (Å²) in [4.78, 5) is 0. The van der Waals surface area contributed by atoms with Gasteiger partial charge >= 0.3 is 0 Å². The van der Waals surface area contributed by atoms with Crippen molar-refractivity contribution < 1.29 is 27.0 Å². The SMILES string of the molecule is CCOc1ccc(OCc2ccc(CC/C=C(\F)CF)cc2)c(F)c1F. The van der Waals surface area contributed by atoms with Crippen LogP contribution in [0.15, 0.2) is 48.3 Å². The molecule has 0 saturated carbocycles. The van der Waals surface area contributed by atoms with E-state index in [1.54, 1.807) is 19.1 Å². The number of hydrogen-bond donors (Lipinski definition) is 0. The molecule has 0 saturated heterocycles. The summed E-state index contributed by atoms with van der Waals surface area (Å²) in [6.45, 7) is 0.901. The van der Waals surface area contributed by atoms with E-state index in [4.69, 9.17) is 9.47 Å². The molecule has 2 rings (SSSR count). The minimum atomic E-state index is -1.09. The highest BCUT2D eigenvalue weighted by Gasteiger charge is 2.15. The van der Waals surface area contributed by atoms with Crippen LogP contribution in [0.1, 0.15) is 24.5 Å². The fourth-order valence-corrected chi connectivity index (χ4v) is 2.31. The molecular formula is C20H20F4O2. The lowest BCUT2D eigenvalue weighted by molar-refractivity contribution is 0.274. The van der Waals surface area contributed by atoms with Crippen molar-refractivity contribution in [1.29, 1.82) is 0 Å². The molecule has 2 nitrogen and oxygen atoms in total. The molecule has 0 amide bonds. The first-order valence-corrected chi connectivity index (χ1v) is 8.27. The van der Waals surface area contributed by atoms with Gasteiger partial charge in [0.15, 0.2) is 11.5 Å². The average Bonchev–Trinajstić information content (AvgIpc) is 2.66. The van der Waals surface area contributed by atoms with E-state index < -0.39 is 24.1 Å². The van der Waals surface area contributed by atoms with E-state index in [0.717, 1.165) is 11.1 Å². The van der Waals surface area contributed by atoms with E-state index in [1.807, 2.05) is 12.1 Å². The zero-order valence-corrected chi connectivity index (χ0v) is 14.4. The number of alkyl halides is 1. The zero-order chi connectivity index (χ0) is 18.9. The summed E-state index contributed by atoms with van der Waals surface area (Å²) < 4.78 is 62.7. The molecule has 0 spiro atoms. The van der Waals surface area contributed by atoms with Gasteiger partial charge in [-0.3, -0.25) is 0 Å². The van der Waals surface area contributed by atoms with Gasteiger partial charge < -0.3 is 9.47 Å². The third kappa shape index (κ3) is 5.51. The van der Waals surface area contributed by atoms with Crippen LogP contribution in [0.3, 0.4) is 0 Å². The highest BCUT2D eigenvalue weighted by atomic mass is 19.2. The Balaban J connectivity index is 1.93. The van der Waals surface area contributed by atoms with E-state index in [1.165, 1.54) is 18.2 Å². The van der Waals surface area contributed by atoms with E-state index in [-0.39, 0.29) is 24.7 Å². The van der Waals surface area contributed by atoms with Crippen LogP contribution < -0.4 is 9.47 Å². The Morgan fingerprint density at radius 1 is 0.923 bits per heavy atom. The summed E-state index contributed by atoms with van der Waals surface area (Å²) >= 11 is 0. The lowest BCUT2D eigenvalue weighted by Crippen LogP contribution is -2.02. The molecule has 0 aliphatic heterocycles. The second-order valence-electron chi connectivity index (χ2n) is 5.55. The van der Waals surface area contributed by atoms with Crippen LogP contribution in [0, 0.1) is 11.6 Å². The smallest absolute Gasteiger partial charge is 0.204 e. The van der Waals surface area contributed by atoms with Crippen LogP contribution in [0.25, 0.3) is 0 Å². The third-order valence-electron chi connectivity index (χ3n) is 3.66. The van der Waals surface area contributed by atoms with Crippen molar-refractivity contribution in [1.82, 2.24) is 0 Å². The Morgan fingerprint density at radius 2 is 1.50 bits per heavy atom. The third-order valence-corrected chi connectivity index (χ3v) is 3.66. The van der Waals surface area contributed by atoms with E-state index in [0.29, 0.717) is 12.8 Å². The number of rotatable bonds is 9. The summed E-state index contributed by atoms with van der Waals surface area (Å²) in [5, 5.41) is 0. The number of aryl methyl sites for hydroxylation is 1. The Labute approximate surface area is 150 Å². The molecule has 26 heavy (non-hydrogen) atoms. The monoisotopic (exact) mass is 368 g/mol. The lowest BCUT2D eigenvalue weighted by Gasteiger charge is -2.11. The average molecular weight is 368 g/mol. The van der Waals surface area contributed by atoms with Gasteiger partial charge in [0.2, 0.25) is 11.6 Å². The van der Waals surface area contributed by atoms with Crippen molar-refractivity contribution in [3.05, 3.63) is 71.1 Å². The van der Waals surface area contributed by atoms with Crippen molar-refractivity contribution in [2.45, 2.75) is 26.4 Å². The number of allylic oxidation sites excluding steroid dienone is 2. The fraction of sp³-hybridized carbons (Fsp3) is 0.300. The summed E-state index contributed by atoms with van der Waals surface area (Å²) in [6.07, 6.45) is 2.20. The van der Waals surface area contributed by atoms with Crippen molar-refractivity contribution >= 4 is 0 Å². The standard InChI is InChI=1S/C20H20F4O2/c1-2-25-17-10-11-18(20(24)19(17)23)26-13-15-8-6-14(7-9-15)4-3-5-16(22)12-21/h5-11H,2-4,12-13H2,1H3/b16-5-. The van der Waals surface area contributed by atoms with E-state index in [9.17, 15) is 17.6 Å². The molecule has 0 aliphatic rings. The largest absolute Gasteiger partial charge is 0.491 e. The van der Waals surface area contributed by atoms with Crippen LogP contribution in [-0.2, 0) is 13.0 Å². The maximum absolute atomic E-state index is 13.9. The predicted molar refractivity (Wildman–Crippen MR) is 91.8 cm³/mol. The minimum absolute atomic E-state index is 0.0704. The van der Waals surface area contributed by atoms with Gasteiger partial charge in [-0.1, -0.05) is 24.3 Å². The molecule has 0 aliphatic carbocycles. The Hall–Kier alpha value is -2.50. The number of halogens is 4. The minimum Gasteiger partial charge on any atom is -0.491 e. The molecule has 2 aromatic carbocycles. The molecule has 0 heterocycles. The van der Waals surface area contributed by atoms with Gasteiger partial charge in [0.05, 0.1) is 6.61 Å². The molecular weight excluding hydrogens is 348 g/mol. The highest BCUT2D eigenvalue weighted by Crippen LogP contribution is 2.28. The van der Waals surface area contributed by atoms with E-state index in [2.05, 4.69) is 0 Å². The highest BCUT2D eigenvalue weighted by molar-refractivity contribution is 5.35. The summed E-state index contributed by atoms with van der Waals surface area (Å²) in [6, 6.07) is 9.87. The van der Waals surface area contributed by atoms with Crippen molar-refractivity contribution in [2.24, 2.45) is 0 Å². The molecule has 6 heteroatoms. The van der Waals surface area contributed by atoms with Gasteiger partial charge in [0.25, 0.3) is 0 Å². The topological polar surface area (TPSA) is 18.5 Å². The van der Waals surface area contributed by atoms with Gasteiger partial charge in [0.1, 0.15) is 19.1 Å². The van der Waals surface area contributed by atoms with E-state index >= 15 is 0 Å². The molecule has 0 bridgehead atoms. The summed E-state index contributed by atoms with van der Waals surface area (Å²) in [7, 11) is 0. The molecule has 0 N–H and O–H groups in total. The molecule has 140 valence electrons.